The first kappa shape index (κ1) is 145. The summed E-state index contributed by atoms with van der Waals surface area (Å²) in [4.78, 5) is 93.9. The van der Waals surface area contributed by atoms with Gasteiger partial charge in [-0.3, -0.25) is 34.0 Å². The smallest absolute Gasteiger partial charge is 0.333 e. The van der Waals surface area contributed by atoms with Crippen LogP contribution in [-0.4, -0.2) is 284 Å². The molecule has 8 rings (SSSR count). The molecular weight excluding hydrogens is 1870 g/mol. The Morgan fingerprint density at radius 1 is 0.450 bits per heavy atom. The average molecular weight is 2090 g/mol. The monoisotopic (exact) mass is 2090 g/mol. The van der Waals surface area contributed by atoms with Crippen LogP contribution < -0.4 is 26.6 Å². The third-order valence-corrected chi connectivity index (χ3v) is 28.0. The number of nitrogens with one attached hydrogen (secondary N) is 5. The van der Waals surface area contributed by atoms with Gasteiger partial charge < -0.3 is 65.3 Å². The van der Waals surface area contributed by atoms with Gasteiger partial charge in [0.2, 0.25) is 17.7 Å². The Balaban J connectivity index is -0.00000158. The van der Waals surface area contributed by atoms with Crippen molar-refractivity contribution < 1.29 is 62.5 Å². The maximum absolute atomic E-state index is 11.6. The van der Waals surface area contributed by atoms with Gasteiger partial charge in [-0.15, -0.1) is 0 Å². The van der Waals surface area contributed by atoms with E-state index in [4.69, 9.17) is 23.7 Å². The lowest BCUT2D eigenvalue weighted by atomic mass is 9.79. The predicted octanol–water partition coefficient (Wildman–Crippen LogP) is 24.3. The van der Waals surface area contributed by atoms with Gasteiger partial charge in [-0.1, -0.05) is 145 Å². The molecule has 0 saturated carbocycles. The fraction of sp³-hybridized carbons (Fsp3) is 0.702. The van der Waals surface area contributed by atoms with Gasteiger partial charge >= 0.3 is 23.9 Å². The zero-order chi connectivity index (χ0) is 117. The van der Waals surface area contributed by atoms with Crippen LogP contribution in [0.4, 0.5) is 0 Å². The topological polar surface area (TPSA) is 269 Å². The van der Waals surface area contributed by atoms with Gasteiger partial charge in [0.15, 0.2) is 0 Å². The SMILES string of the molecule is C=C(C)C(=O)NC1CC(C)(C)NC(C)(C)C1.C=C(C)C(=O)NCCCN1CCCCC1C.C=C(C)C(=O)NCCN(C(C)C)C(C)C.C=C(C)C(=O)OC1CC(C)(C)N(C)C(C)(C)C1.C=C(C)C(=O)OC1CC(C)(C)N(O)C(C)(C)C1.C=C(C)C(=O)OC1CC(C)(C)NC(C)(C)C1.C=C(C)C(=O)OCC(C)(C)N(C)C.C=Cc1ccccc1.C=Cc1ccccc1.CCN(C(C)C)C(C)C.CCOC1CC(C)(C)N(C)C(C)(C)C1. The zero-order valence-corrected chi connectivity index (χ0v) is 103. The number of hydrogen-bond acceptors (Lipinski definition) is 22. The van der Waals surface area contributed by atoms with Crippen LogP contribution in [0.5, 0.6) is 0 Å². The molecule has 6 fully saturated rings. The lowest BCUT2D eigenvalue weighted by Crippen LogP contribution is -2.62. The summed E-state index contributed by atoms with van der Waals surface area (Å²) in [6.07, 6.45) is 17.8. The second kappa shape index (κ2) is 66.9. The van der Waals surface area contributed by atoms with Gasteiger partial charge in [0.05, 0.1) is 6.10 Å². The fourth-order valence-electron chi connectivity index (χ4n) is 19.7. The fourth-order valence-corrected chi connectivity index (χ4v) is 19.7. The minimum absolute atomic E-state index is 0.00176. The highest BCUT2D eigenvalue weighted by atomic mass is 16.6. The number of esters is 4. The molecule has 6 aliphatic rings. The van der Waals surface area contributed by atoms with Gasteiger partial charge in [0.1, 0.15) is 24.9 Å². The standard InChI is InChI=1S/C14H25NO2.2C13H24N2O.C13H23NO3.C13H23NO2.C12H24N2O.C12H25NO.C10H19NO2.C8H19N.2C8H8/c1-10(2)12(16)17-11-8-13(3,4)15(7)14(5,6)9-11;1-9(2)11(16)14-10-7-12(3,4)15-13(5,6)8-10;1-11(2)13(16)14-8-6-10-15-9-5-4-7-12(15)3;1-9(2)11(15)17-10-7-12(3,4)14(16)13(5,6)8-10;1-9(2)11(15)16-10-7-12(3,4)14-13(5,6)8-10;1-9(2)12(15)13-7-8-14(10(3)4)11(5)6;1-7-14-10-8-11(2,3)13(6)12(4,5)9-10;1-8(2)9(12)13-7-10(3,4)11(5)6;1-6-9(7(2)3)8(4)5;2*1-2-8-6-4-3-5-7-8/h11H,1,8-9H2,2-7H3;10,15H,1,7-8H2,2-6H3,(H,14,16);12H,1,4-10H2,2-3H3,(H,14,16);10,16H,1,7-8H2,2-6H3;10,14H,1,7-8H2,2-6H3;10-11H,1,7-8H2,2-6H3,(H,13,15);10H,7-9H2,1-6H3;1,7H2,2-6H3;7-8H,6H2,1-5H3;2*2-7H,1H2. The number of nitrogens with zero attached hydrogens (tertiary/aromatic N) is 7. The Bertz CT molecular complexity index is 4160. The average Bonchev–Trinajstić information content (AvgIpc) is 0.781. The molecule has 0 aromatic heterocycles. The molecule has 2 aromatic rings. The van der Waals surface area contributed by atoms with E-state index in [1.807, 2.05) is 133 Å². The molecule has 25 nitrogen and oxygen atoms in total. The van der Waals surface area contributed by atoms with Crippen LogP contribution >= 0.6 is 0 Å². The van der Waals surface area contributed by atoms with E-state index in [1.54, 1.807) is 48.5 Å². The van der Waals surface area contributed by atoms with Crippen molar-refractivity contribution in [2.24, 2.45) is 0 Å². The summed E-state index contributed by atoms with van der Waals surface area (Å²) >= 11 is 0. The van der Waals surface area contributed by atoms with Gasteiger partial charge in [-0.25, -0.2) is 19.2 Å². The van der Waals surface area contributed by atoms with E-state index in [0.29, 0.717) is 101 Å². The molecule has 0 spiro atoms. The van der Waals surface area contributed by atoms with Crippen LogP contribution in [0, 0.1) is 0 Å². The number of hydroxylamine groups is 2. The van der Waals surface area contributed by atoms with Crippen LogP contribution in [0.2, 0.25) is 0 Å². The number of hydrogen-bond donors (Lipinski definition) is 6. The highest BCUT2D eigenvalue weighted by Crippen LogP contribution is 2.42. The van der Waals surface area contributed by atoms with E-state index in [0.717, 1.165) is 90.6 Å². The second-order valence-electron chi connectivity index (χ2n) is 50.1. The maximum Gasteiger partial charge on any atom is 0.333 e. The summed E-state index contributed by atoms with van der Waals surface area (Å²) in [5.74, 6) is -1.33. The van der Waals surface area contributed by atoms with E-state index < -0.39 is 11.1 Å². The van der Waals surface area contributed by atoms with E-state index in [2.05, 4.69) is 311 Å². The van der Waals surface area contributed by atoms with Crippen molar-refractivity contribution in [3.63, 3.8) is 0 Å². The molecule has 6 heterocycles. The van der Waals surface area contributed by atoms with Crippen LogP contribution in [0.25, 0.3) is 12.2 Å². The van der Waals surface area contributed by atoms with E-state index in [9.17, 15) is 38.8 Å². The number of carbonyl (C=O) groups is 7. The Morgan fingerprint density at radius 3 is 1.05 bits per heavy atom. The molecule has 0 radical (unpaired) electrons. The Hall–Kier alpha value is -8.05. The Labute approximate surface area is 911 Å². The van der Waals surface area contributed by atoms with Crippen molar-refractivity contribution in [3.8, 4) is 0 Å². The minimum atomic E-state index is -0.401. The molecule has 856 valence electrons. The quantitative estimate of drug-likeness (QED) is 0.0184. The van der Waals surface area contributed by atoms with Gasteiger partial charge in [-0.05, 0) is 367 Å². The van der Waals surface area contributed by atoms with Crippen LogP contribution in [-0.2, 0) is 57.2 Å². The van der Waals surface area contributed by atoms with Crippen LogP contribution in [0.15, 0.2) is 159 Å². The molecule has 1 unspecified atom stereocenters. The third-order valence-electron chi connectivity index (χ3n) is 28.0. The molecule has 1 atom stereocenters. The first-order chi connectivity index (χ1) is 67.8. The molecule has 6 N–H and O–H groups in total. The zero-order valence-electron chi connectivity index (χ0n) is 103. The van der Waals surface area contributed by atoms with Crippen molar-refractivity contribution in [2.45, 2.75) is 488 Å². The number of piperidine rings is 6. The predicted molar refractivity (Wildman–Crippen MR) is 630 cm³/mol. The summed E-state index contributed by atoms with van der Waals surface area (Å²) in [6, 6.07) is 23.4. The number of amides is 3. The number of rotatable bonds is 30. The van der Waals surface area contributed by atoms with E-state index in [1.165, 1.54) is 42.0 Å². The van der Waals surface area contributed by atoms with Crippen molar-refractivity contribution >= 4 is 53.8 Å². The largest absolute Gasteiger partial charge is 0.460 e. The number of carbonyl (C=O) groups excluding carboxylic acids is 7. The van der Waals surface area contributed by atoms with Crippen molar-refractivity contribution in [2.75, 3.05) is 80.7 Å². The highest BCUT2D eigenvalue weighted by molar-refractivity contribution is 5.93. The van der Waals surface area contributed by atoms with Crippen LogP contribution in [0.3, 0.4) is 0 Å². The molecule has 0 bridgehead atoms. The molecule has 2 aromatic carbocycles. The minimum Gasteiger partial charge on any atom is -0.460 e. The Kier molecular flexibility index (Phi) is 65.1. The van der Waals surface area contributed by atoms with Gasteiger partial charge in [0.25, 0.3) is 0 Å². The summed E-state index contributed by atoms with van der Waals surface area (Å²) < 4.78 is 27.2. The van der Waals surface area contributed by atoms with E-state index in [-0.39, 0.29) is 116 Å². The molecule has 149 heavy (non-hydrogen) atoms. The summed E-state index contributed by atoms with van der Waals surface area (Å²) in [6.45, 7) is 123. The van der Waals surface area contributed by atoms with Crippen LogP contribution in [0.1, 0.15) is 378 Å². The Morgan fingerprint density at radius 2 is 0.765 bits per heavy atom. The van der Waals surface area contributed by atoms with Gasteiger partial charge in [0, 0.05) is 208 Å². The first-order valence-corrected chi connectivity index (χ1v) is 54.6. The number of ether oxygens (including phenoxy) is 5. The van der Waals surface area contributed by atoms with Gasteiger partial charge in [-0.2, -0.15) is 5.06 Å². The summed E-state index contributed by atoms with van der Waals surface area (Å²) in [7, 11) is 8.27. The number of benzene rings is 2. The summed E-state index contributed by atoms with van der Waals surface area (Å²) in [5.41, 5.74) is 5.65. The highest BCUT2D eigenvalue weighted by Gasteiger charge is 2.49. The normalized spacial score (nSPS) is 19.4. The maximum atomic E-state index is 11.6. The lowest BCUT2D eigenvalue weighted by Gasteiger charge is -2.53. The molecule has 3 amide bonds. The second-order valence-corrected chi connectivity index (χ2v) is 50.1. The summed E-state index contributed by atoms with van der Waals surface area (Å²) in [5, 5.41) is 27.4. The van der Waals surface area contributed by atoms with Crippen molar-refractivity contribution in [1.29, 1.82) is 0 Å². The van der Waals surface area contributed by atoms with E-state index >= 15 is 0 Å². The molecular formula is C124H222N12O13. The molecule has 25 heteroatoms. The molecule has 6 saturated heterocycles. The number of likely N-dealkylation sites (N-methyl/N-ethyl adjacent to an activating group) is 1. The molecule has 6 aliphatic heterocycles. The number of likely N-dealkylation sites (tertiary alicyclic amines) is 3. The van der Waals surface area contributed by atoms with Crippen molar-refractivity contribution in [1.82, 2.24) is 61.0 Å². The third kappa shape index (κ3) is 59.8. The van der Waals surface area contributed by atoms with Crippen molar-refractivity contribution in [3.05, 3.63) is 170 Å². The first-order valence-electron chi connectivity index (χ1n) is 54.6. The molecule has 0 aliphatic carbocycles. The lowest BCUT2D eigenvalue weighted by molar-refractivity contribution is -0.259.